The Bertz CT molecular complexity index is 517. The van der Waals surface area contributed by atoms with E-state index in [0.29, 0.717) is 12.1 Å². The van der Waals surface area contributed by atoms with Gasteiger partial charge in [0.25, 0.3) is 5.91 Å². The Morgan fingerprint density at radius 1 is 1.14 bits per heavy atom. The third-order valence-electron chi connectivity index (χ3n) is 2.62. The molecule has 1 aromatic rings. The van der Waals surface area contributed by atoms with Crippen molar-refractivity contribution in [3.63, 3.8) is 0 Å². The van der Waals surface area contributed by atoms with Crippen LogP contribution in [0.5, 0.6) is 0 Å². The molecule has 1 unspecified atom stereocenters. The van der Waals surface area contributed by atoms with Gasteiger partial charge in [-0.3, -0.25) is 9.59 Å². The SMILES string of the molecule is O=C(CNC(=O)C(F)c1ccc(C(F)(F)F)cc1)NCCO. The van der Waals surface area contributed by atoms with Gasteiger partial charge in [-0.05, 0) is 17.7 Å². The maximum absolute atomic E-state index is 13.8. The van der Waals surface area contributed by atoms with Crippen LogP contribution in [0.25, 0.3) is 0 Å². The van der Waals surface area contributed by atoms with Crippen molar-refractivity contribution in [3.8, 4) is 0 Å². The highest BCUT2D eigenvalue weighted by atomic mass is 19.4. The number of hydrogen-bond donors (Lipinski definition) is 3. The Labute approximate surface area is 123 Å². The Kier molecular flexibility index (Phi) is 6.29. The van der Waals surface area contributed by atoms with Crippen molar-refractivity contribution in [1.82, 2.24) is 10.6 Å². The number of aliphatic hydroxyl groups is 1. The van der Waals surface area contributed by atoms with E-state index < -0.39 is 36.3 Å². The molecular formula is C13H14F4N2O3. The summed E-state index contributed by atoms with van der Waals surface area (Å²) in [6.45, 7) is -0.788. The number of halogens is 4. The van der Waals surface area contributed by atoms with E-state index in [1.165, 1.54) is 0 Å². The molecule has 0 aliphatic carbocycles. The summed E-state index contributed by atoms with van der Waals surface area (Å²) in [5.41, 5.74) is -1.20. The Morgan fingerprint density at radius 3 is 2.23 bits per heavy atom. The van der Waals surface area contributed by atoms with E-state index in [2.05, 4.69) is 5.32 Å². The van der Waals surface area contributed by atoms with Gasteiger partial charge in [-0.25, -0.2) is 4.39 Å². The molecule has 1 atom stereocenters. The minimum Gasteiger partial charge on any atom is -0.395 e. The van der Waals surface area contributed by atoms with Crippen molar-refractivity contribution in [2.45, 2.75) is 12.3 Å². The molecule has 2 amide bonds. The van der Waals surface area contributed by atoms with E-state index in [-0.39, 0.29) is 18.7 Å². The predicted octanol–water partition coefficient (Wildman–Crippen LogP) is 0.941. The summed E-state index contributed by atoms with van der Waals surface area (Å²) in [5, 5.41) is 12.7. The van der Waals surface area contributed by atoms with E-state index in [0.717, 1.165) is 12.1 Å². The third-order valence-corrected chi connectivity index (χ3v) is 2.62. The molecule has 1 aromatic carbocycles. The number of hydrogen-bond acceptors (Lipinski definition) is 3. The molecule has 0 aromatic heterocycles. The molecule has 0 bridgehead atoms. The van der Waals surface area contributed by atoms with Crippen LogP contribution in [0.2, 0.25) is 0 Å². The van der Waals surface area contributed by atoms with Crippen molar-refractivity contribution < 1.29 is 32.3 Å². The van der Waals surface area contributed by atoms with Crippen molar-refractivity contribution in [2.75, 3.05) is 19.7 Å². The average Bonchev–Trinajstić information content (AvgIpc) is 2.49. The number of amides is 2. The maximum atomic E-state index is 13.8. The number of nitrogens with one attached hydrogen (secondary N) is 2. The monoisotopic (exact) mass is 322 g/mol. The van der Waals surface area contributed by atoms with Crippen LogP contribution in [0.15, 0.2) is 24.3 Å². The molecule has 0 saturated carbocycles. The molecule has 0 spiro atoms. The van der Waals surface area contributed by atoms with Gasteiger partial charge >= 0.3 is 6.18 Å². The van der Waals surface area contributed by atoms with Crippen LogP contribution in [0.3, 0.4) is 0 Å². The largest absolute Gasteiger partial charge is 0.416 e. The highest BCUT2D eigenvalue weighted by Gasteiger charge is 2.30. The van der Waals surface area contributed by atoms with Gasteiger partial charge in [-0.1, -0.05) is 12.1 Å². The molecule has 22 heavy (non-hydrogen) atoms. The van der Waals surface area contributed by atoms with Crippen molar-refractivity contribution in [3.05, 3.63) is 35.4 Å². The zero-order valence-electron chi connectivity index (χ0n) is 11.3. The van der Waals surface area contributed by atoms with Crippen LogP contribution in [-0.2, 0) is 15.8 Å². The Morgan fingerprint density at radius 2 is 1.73 bits per heavy atom. The van der Waals surface area contributed by atoms with Gasteiger partial charge in [0.05, 0.1) is 18.7 Å². The number of rotatable bonds is 6. The fourth-order valence-electron chi connectivity index (χ4n) is 1.51. The molecule has 1 rings (SSSR count). The first kappa shape index (κ1) is 17.9. The first-order valence-electron chi connectivity index (χ1n) is 6.22. The van der Waals surface area contributed by atoms with E-state index in [9.17, 15) is 27.2 Å². The van der Waals surface area contributed by atoms with Gasteiger partial charge in [-0.2, -0.15) is 13.2 Å². The number of alkyl halides is 4. The second kappa shape index (κ2) is 7.74. The molecule has 122 valence electrons. The molecule has 0 fully saturated rings. The number of carbonyl (C=O) groups is 2. The van der Waals surface area contributed by atoms with Crippen LogP contribution in [-0.4, -0.2) is 36.6 Å². The fraction of sp³-hybridized carbons (Fsp3) is 0.385. The first-order chi connectivity index (χ1) is 10.3. The quantitative estimate of drug-likeness (QED) is 0.682. The second-order valence-electron chi connectivity index (χ2n) is 4.27. The minimum absolute atomic E-state index is 0.00728. The van der Waals surface area contributed by atoms with Gasteiger partial charge < -0.3 is 15.7 Å². The first-order valence-corrected chi connectivity index (χ1v) is 6.22. The normalized spacial score (nSPS) is 12.6. The summed E-state index contributed by atoms with van der Waals surface area (Å²) in [7, 11) is 0. The van der Waals surface area contributed by atoms with Gasteiger partial charge in [0.1, 0.15) is 0 Å². The van der Waals surface area contributed by atoms with E-state index in [1.807, 2.05) is 5.32 Å². The maximum Gasteiger partial charge on any atom is 0.416 e. The van der Waals surface area contributed by atoms with Crippen LogP contribution in [0.1, 0.15) is 17.3 Å². The van der Waals surface area contributed by atoms with Crippen LogP contribution in [0.4, 0.5) is 17.6 Å². The van der Waals surface area contributed by atoms with E-state index in [1.54, 1.807) is 0 Å². The lowest BCUT2D eigenvalue weighted by Gasteiger charge is -2.11. The summed E-state index contributed by atoms with van der Waals surface area (Å²) in [6, 6.07) is 3.06. The summed E-state index contributed by atoms with van der Waals surface area (Å²) in [5.74, 6) is -1.76. The lowest BCUT2D eigenvalue weighted by Crippen LogP contribution is -2.39. The number of carbonyl (C=O) groups excluding carboxylic acids is 2. The van der Waals surface area contributed by atoms with Gasteiger partial charge in [0.15, 0.2) is 0 Å². The highest BCUT2D eigenvalue weighted by Crippen LogP contribution is 2.30. The lowest BCUT2D eigenvalue weighted by atomic mass is 10.1. The highest BCUT2D eigenvalue weighted by molar-refractivity contribution is 5.87. The van der Waals surface area contributed by atoms with Crippen LogP contribution in [0, 0.1) is 0 Å². The lowest BCUT2D eigenvalue weighted by molar-refractivity contribution is -0.137. The molecule has 5 nitrogen and oxygen atoms in total. The second-order valence-corrected chi connectivity index (χ2v) is 4.27. The number of benzene rings is 1. The molecular weight excluding hydrogens is 308 g/mol. The molecule has 0 aliphatic heterocycles. The van der Waals surface area contributed by atoms with Crippen molar-refractivity contribution in [1.29, 1.82) is 0 Å². The zero-order chi connectivity index (χ0) is 16.8. The standard InChI is InChI=1S/C13H14F4N2O3/c14-11(12(22)19-7-10(21)18-5-6-20)8-1-3-9(4-2-8)13(15,16)17/h1-4,11,20H,5-7H2,(H,18,21)(H,19,22). The summed E-state index contributed by atoms with van der Waals surface area (Å²) < 4.78 is 50.9. The summed E-state index contributed by atoms with van der Waals surface area (Å²) in [6.07, 6.45) is -6.73. The average molecular weight is 322 g/mol. The molecule has 0 heterocycles. The molecule has 0 aliphatic rings. The molecule has 9 heteroatoms. The van der Waals surface area contributed by atoms with E-state index in [4.69, 9.17) is 5.11 Å². The molecule has 0 saturated heterocycles. The third kappa shape index (κ3) is 5.32. The van der Waals surface area contributed by atoms with Gasteiger partial charge in [-0.15, -0.1) is 0 Å². The van der Waals surface area contributed by atoms with Gasteiger partial charge in [0.2, 0.25) is 12.1 Å². The summed E-state index contributed by atoms with van der Waals surface area (Å²) >= 11 is 0. The Hall–Kier alpha value is -2.16. The number of aliphatic hydroxyl groups excluding tert-OH is 1. The van der Waals surface area contributed by atoms with Crippen molar-refractivity contribution in [2.24, 2.45) is 0 Å². The predicted molar refractivity (Wildman–Crippen MR) is 68.4 cm³/mol. The van der Waals surface area contributed by atoms with Gasteiger partial charge in [0, 0.05) is 6.54 Å². The minimum atomic E-state index is -4.54. The molecule has 3 N–H and O–H groups in total. The molecule has 0 radical (unpaired) electrons. The smallest absolute Gasteiger partial charge is 0.395 e. The summed E-state index contributed by atoms with van der Waals surface area (Å²) in [4.78, 5) is 22.6. The topological polar surface area (TPSA) is 78.4 Å². The Balaban J connectivity index is 2.58. The van der Waals surface area contributed by atoms with Crippen molar-refractivity contribution >= 4 is 11.8 Å². The van der Waals surface area contributed by atoms with Crippen LogP contribution >= 0.6 is 0 Å². The van der Waals surface area contributed by atoms with Crippen LogP contribution < -0.4 is 10.6 Å². The zero-order valence-corrected chi connectivity index (χ0v) is 11.3. The fourth-order valence-corrected chi connectivity index (χ4v) is 1.51. The van der Waals surface area contributed by atoms with E-state index >= 15 is 0 Å².